The first-order chi connectivity index (χ1) is 16.7. The van der Waals surface area contributed by atoms with Crippen LogP contribution >= 0.6 is 0 Å². The molecule has 6 heteroatoms. The molecule has 0 saturated carbocycles. The van der Waals surface area contributed by atoms with E-state index >= 15 is 0 Å². The highest BCUT2D eigenvalue weighted by Crippen LogP contribution is 2.37. The lowest BCUT2D eigenvalue weighted by atomic mass is 9.98. The summed E-state index contributed by atoms with van der Waals surface area (Å²) in [6, 6.07) is 27.6. The Kier molecular flexibility index (Phi) is 6.51. The van der Waals surface area contributed by atoms with Gasteiger partial charge in [-0.3, -0.25) is 9.69 Å². The number of aromatic nitrogens is 2. The number of nitrogens with zero attached hydrogens (tertiary/aromatic N) is 3. The van der Waals surface area contributed by atoms with Crippen molar-refractivity contribution in [2.24, 2.45) is 7.05 Å². The third kappa shape index (κ3) is 4.93. The number of rotatable bonds is 6. The standard InChI is InChI=1S/C28H28N4O2/c1-31-27(33)19-25(22-13-11-21(12-14-22)20-32-17-15-29-16-18-32)28(30-31)24-9-5-6-10-26(24)34-23-7-3-2-4-8-23/h2-14,19,29H,15-18,20H2,1H3. The minimum atomic E-state index is -0.148. The Morgan fingerprint density at radius 1 is 0.882 bits per heavy atom. The van der Waals surface area contributed by atoms with Gasteiger partial charge in [0, 0.05) is 57.0 Å². The van der Waals surface area contributed by atoms with E-state index in [1.54, 1.807) is 13.1 Å². The Morgan fingerprint density at radius 2 is 1.59 bits per heavy atom. The maximum atomic E-state index is 12.6. The molecule has 0 unspecified atom stereocenters. The topological polar surface area (TPSA) is 59.4 Å². The molecule has 1 N–H and O–H groups in total. The first-order valence-corrected chi connectivity index (χ1v) is 11.6. The van der Waals surface area contributed by atoms with Gasteiger partial charge >= 0.3 is 0 Å². The molecule has 6 nitrogen and oxygen atoms in total. The van der Waals surface area contributed by atoms with Crippen molar-refractivity contribution < 1.29 is 4.74 Å². The Labute approximate surface area is 199 Å². The number of benzene rings is 3. The van der Waals surface area contributed by atoms with Crippen molar-refractivity contribution in [2.75, 3.05) is 26.2 Å². The highest BCUT2D eigenvalue weighted by molar-refractivity contribution is 5.83. The predicted octanol–water partition coefficient (Wildman–Crippen LogP) is 4.31. The van der Waals surface area contributed by atoms with Gasteiger partial charge in [0.05, 0.1) is 0 Å². The molecule has 0 aliphatic carbocycles. The van der Waals surface area contributed by atoms with Crippen molar-refractivity contribution in [2.45, 2.75) is 6.54 Å². The molecule has 0 bridgehead atoms. The lowest BCUT2D eigenvalue weighted by Gasteiger charge is -2.27. The van der Waals surface area contributed by atoms with Crippen LogP contribution in [0.4, 0.5) is 0 Å². The molecule has 1 saturated heterocycles. The third-order valence-electron chi connectivity index (χ3n) is 6.09. The summed E-state index contributed by atoms with van der Waals surface area (Å²) in [4.78, 5) is 15.0. The van der Waals surface area contributed by atoms with Crippen molar-refractivity contribution >= 4 is 0 Å². The van der Waals surface area contributed by atoms with Gasteiger partial charge in [-0.05, 0) is 35.4 Å². The summed E-state index contributed by atoms with van der Waals surface area (Å²) in [7, 11) is 1.67. The fraction of sp³-hybridized carbons (Fsp3) is 0.214. The molecule has 34 heavy (non-hydrogen) atoms. The van der Waals surface area contributed by atoms with Gasteiger partial charge in [-0.1, -0.05) is 54.6 Å². The molecule has 172 valence electrons. The number of piperazine rings is 1. The zero-order valence-electron chi connectivity index (χ0n) is 19.3. The van der Waals surface area contributed by atoms with Crippen LogP contribution in [0.15, 0.2) is 89.7 Å². The lowest BCUT2D eigenvalue weighted by molar-refractivity contribution is 0.233. The predicted molar refractivity (Wildman–Crippen MR) is 135 cm³/mol. The zero-order chi connectivity index (χ0) is 23.3. The molecule has 0 radical (unpaired) electrons. The first kappa shape index (κ1) is 22.1. The van der Waals surface area contributed by atoms with E-state index in [0.717, 1.165) is 55.2 Å². The van der Waals surface area contributed by atoms with E-state index in [0.29, 0.717) is 11.4 Å². The Balaban J connectivity index is 1.51. The lowest BCUT2D eigenvalue weighted by Crippen LogP contribution is -2.42. The van der Waals surface area contributed by atoms with Crippen LogP contribution < -0.4 is 15.6 Å². The Morgan fingerprint density at radius 3 is 2.35 bits per heavy atom. The number of aryl methyl sites for hydroxylation is 1. The van der Waals surface area contributed by atoms with E-state index in [2.05, 4.69) is 39.6 Å². The first-order valence-electron chi connectivity index (χ1n) is 11.6. The molecule has 1 fully saturated rings. The normalized spacial score (nSPS) is 14.1. The number of para-hydroxylation sites is 2. The molecule has 0 atom stereocenters. The Hall–Kier alpha value is -3.74. The molecular formula is C28H28N4O2. The highest BCUT2D eigenvalue weighted by Gasteiger charge is 2.17. The zero-order valence-corrected chi connectivity index (χ0v) is 19.3. The van der Waals surface area contributed by atoms with Crippen LogP contribution in [-0.2, 0) is 13.6 Å². The number of ether oxygens (including phenoxy) is 1. The minimum absolute atomic E-state index is 0.148. The van der Waals surface area contributed by atoms with Crippen molar-refractivity contribution in [3.8, 4) is 33.9 Å². The van der Waals surface area contributed by atoms with E-state index in [4.69, 9.17) is 4.74 Å². The van der Waals surface area contributed by atoms with Crippen LogP contribution in [0.3, 0.4) is 0 Å². The summed E-state index contributed by atoms with van der Waals surface area (Å²) in [6.07, 6.45) is 0. The summed E-state index contributed by atoms with van der Waals surface area (Å²) >= 11 is 0. The maximum Gasteiger partial charge on any atom is 0.267 e. The molecule has 1 aliphatic heterocycles. The van der Waals surface area contributed by atoms with E-state index < -0.39 is 0 Å². The third-order valence-corrected chi connectivity index (χ3v) is 6.09. The summed E-state index contributed by atoms with van der Waals surface area (Å²) in [6.45, 7) is 5.11. The van der Waals surface area contributed by atoms with Crippen LogP contribution in [0.25, 0.3) is 22.4 Å². The minimum Gasteiger partial charge on any atom is -0.457 e. The largest absolute Gasteiger partial charge is 0.457 e. The number of hydrogen-bond donors (Lipinski definition) is 1. The second-order valence-corrected chi connectivity index (χ2v) is 8.50. The molecule has 0 spiro atoms. The Bertz CT molecular complexity index is 1310. The second kappa shape index (κ2) is 10.0. The van der Waals surface area contributed by atoms with Gasteiger partial charge < -0.3 is 10.1 Å². The van der Waals surface area contributed by atoms with Crippen molar-refractivity contribution in [3.63, 3.8) is 0 Å². The molecule has 2 heterocycles. The molecule has 0 amide bonds. The van der Waals surface area contributed by atoms with Crippen molar-refractivity contribution in [1.29, 1.82) is 0 Å². The van der Waals surface area contributed by atoms with Crippen LogP contribution in [0.5, 0.6) is 11.5 Å². The maximum absolute atomic E-state index is 12.6. The fourth-order valence-electron chi connectivity index (χ4n) is 4.24. The average Bonchev–Trinajstić information content (AvgIpc) is 2.88. The summed E-state index contributed by atoms with van der Waals surface area (Å²) in [5.74, 6) is 1.44. The average molecular weight is 453 g/mol. The molecule has 4 aromatic rings. The van der Waals surface area contributed by atoms with Crippen molar-refractivity contribution in [3.05, 3.63) is 101 Å². The van der Waals surface area contributed by atoms with Crippen molar-refractivity contribution in [1.82, 2.24) is 20.0 Å². The molecule has 1 aromatic heterocycles. The SMILES string of the molecule is Cn1nc(-c2ccccc2Oc2ccccc2)c(-c2ccc(CN3CCNCC3)cc2)cc1=O. The van der Waals surface area contributed by atoms with E-state index in [1.165, 1.54) is 10.2 Å². The summed E-state index contributed by atoms with van der Waals surface area (Å²) in [5.41, 5.74) is 4.41. The summed E-state index contributed by atoms with van der Waals surface area (Å²) < 4.78 is 7.56. The summed E-state index contributed by atoms with van der Waals surface area (Å²) in [5, 5.41) is 8.04. The number of hydrogen-bond acceptors (Lipinski definition) is 5. The molecule has 3 aromatic carbocycles. The number of nitrogens with one attached hydrogen (secondary N) is 1. The van der Waals surface area contributed by atoms with Crippen LogP contribution in [-0.4, -0.2) is 40.9 Å². The van der Waals surface area contributed by atoms with Crippen LogP contribution in [0.1, 0.15) is 5.56 Å². The van der Waals surface area contributed by atoms with Crippen LogP contribution in [0.2, 0.25) is 0 Å². The van der Waals surface area contributed by atoms with E-state index in [9.17, 15) is 4.79 Å². The van der Waals surface area contributed by atoms with Gasteiger partial charge in [-0.25, -0.2) is 4.68 Å². The molecule has 5 rings (SSSR count). The van der Waals surface area contributed by atoms with Gasteiger partial charge in [0.1, 0.15) is 17.2 Å². The monoisotopic (exact) mass is 452 g/mol. The van der Waals surface area contributed by atoms with Gasteiger partial charge in [0.2, 0.25) is 0 Å². The van der Waals surface area contributed by atoms with Crippen LogP contribution in [0, 0.1) is 0 Å². The quantitative estimate of drug-likeness (QED) is 0.472. The van der Waals surface area contributed by atoms with Gasteiger partial charge in [-0.2, -0.15) is 5.10 Å². The van der Waals surface area contributed by atoms with Gasteiger partial charge in [0.15, 0.2) is 0 Å². The fourth-order valence-corrected chi connectivity index (χ4v) is 4.24. The van der Waals surface area contributed by atoms with Gasteiger partial charge in [0.25, 0.3) is 5.56 Å². The highest BCUT2D eigenvalue weighted by atomic mass is 16.5. The van der Waals surface area contributed by atoms with E-state index in [1.807, 2.05) is 54.6 Å². The van der Waals surface area contributed by atoms with Gasteiger partial charge in [-0.15, -0.1) is 0 Å². The smallest absolute Gasteiger partial charge is 0.267 e. The molecule has 1 aliphatic rings. The van der Waals surface area contributed by atoms with E-state index in [-0.39, 0.29) is 5.56 Å². The second-order valence-electron chi connectivity index (χ2n) is 8.50. The molecular weight excluding hydrogens is 424 g/mol.